The summed E-state index contributed by atoms with van der Waals surface area (Å²) in [4.78, 5) is 16.3. The van der Waals surface area contributed by atoms with Gasteiger partial charge in [-0.05, 0) is 42.9 Å². The summed E-state index contributed by atoms with van der Waals surface area (Å²) in [5.74, 6) is 0.209. The number of hydrogen-bond acceptors (Lipinski definition) is 4. The number of halogens is 1. The van der Waals surface area contributed by atoms with Gasteiger partial charge in [-0.2, -0.15) is 0 Å². The van der Waals surface area contributed by atoms with Crippen molar-refractivity contribution in [2.24, 2.45) is 0 Å². The predicted octanol–water partition coefficient (Wildman–Crippen LogP) is 4.04. The smallest absolute Gasteiger partial charge is 0.261 e. The quantitative estimate of drug-likeness (QED) is 0.460. The molecule has 2 rings (SSSR count). The number of para-hydroxylation sites is 1. The number of thiocarbonyl (C=S) groups is 1. The van der Waals surface area contributed by atoms with Crippen LogP contribution in [0.3, 0.4) is 0 Å². The summed E-state index contributed by atoms with van der Waals surface area (Å²) in [7, 11) is 0. The Morgan fingerprint density at radius 1 is 1.29 bits per heavy atom. The Kier molecular flexibility index (Phi) is 6.96. The molecule has 0 aliphatic heterocycles. The number of nitrogens with zero attached hydrogens (tertiary/aromatic N) is 1. The van der Waals surface area contributed by atoms with Gasteiger partial charge in [-0.15, -0.1) is 0 Å². The first-order chi connectivity index (χ1) is 11.6. The first kappa shape index (κ1) is 18.2. The second-order valence-corrected chi connectivity index (χ2v) is 5.77. The highest BCUT2D eigenvalue weighted by Gasteiger charge is 2.13. The summed E-state index contributed by atoms with van der Waals surface area (Å²) < 4.78 is 5.66. The molecule has 1 heterocycles. The molecule has 2 aromatic rings. The molecule has 0 atom stereocenters. The largest absolute Gasteiger partial charge is 0.493 e. The number of aromatic nitrogens is 1. The van der Waals surface area contributed by atoms with Crippen LogP contribution in [-0.2, 0) is 0 Å². The summed E-state index contributed by atoms with van der Waals surface area (Å²) in [5, 5.41) is 6.07. The van der Waals surface area contributed by atoms with Crippen molar-refractivity contribution in [2.75, 3.05) is 11.9 Å². The molecule has 0 saturated carbocycles. The highest BCUT2D eigenvalue weighted by atomic mass is 35.5. The molecule has 2 N–H and O–H groups in total. The van der Waals surface area contributed by atoms with Crippen LogP contribution in [0.4, 0.5) is 5.69 Å². The third kappa shape index (κ3) is 5.47. The topological polar surface area (TPSA) is 63.2 Å². The van der Waals surface area contributed by atoms with Crippen LogP contribution in [0, 0.1) is 0 Å². The Balaban J connectivity index is 1.98. The Morgan fingerprint density at radius 2 is 2.08 bits per heavy atom. The average Bonchev–Trinajstić information content (AvgIpc) is 2.57. The molecule has 0 bridgehead atoms. The van der Waals surface area contributed by atoms with Crippen molar-refractivity contribution in [1.29, 1.82) is 0 Å². The monoisotopic (exact) mass is 363 g/mol. The Morgan fingerprint density at radius 3 is 2.79 bits per heavy atom. The lowest BCUT2D eigenvalue weighted by molar-refractivity contribution is 0.0973. The van der Waals surface area contributed by atoms with Crippen LogP contribution in [-0.4, -0.2) is 22.6 Å². The van der Waals surface area contributed by atoms with Gasteiger partial charge in [-0.25, -0.2) is 4.98 Å². The number of anilines is 1. The van der Waals surface area contributed by atoms with Crippen molar-refractivity contribution in [2.45, 2.75) is 19.8 Å². The second-order valence-electron chi connectivity index (χ2n) is 4.98. The maximum Gasteiger partial charge on any atom is 0.261 e. The Hall–Kier alpha value is -2.18. The van der Waals surface area contributed by atoms with Gasteiger partial charge in [-0.3, -0.25) is 10.1 Å². The van der Waals surface area contributed by atoms with E-state index in [1.54, 1.807) is 30.3 Å². The average molecular weight is 364 g/mol. The van der Waals surface area contributed by atoms with Gasteiger partial charge in [0, 0.05) is 0 Å². The van der Waals surface area contributed by atoms with Crippen LogP contribution in [0.25, 0.3) is 0 Å². The van der Waals surface area contributed by atoms with Gasteiger partial charge in [0.25, 0.3) is 5.91 Å². The number of pyridine rings is 1. The van der Waals surface area contributed by atoms with Crippen molar-refractivity contribution in [3.05, 3.63) is 53.3 Å². The lowest BCUT2D eigenvalue weighted by atomic mass is 10.2. The molecule has 5 nitrogen and oxygen atoms in total. The van der Waals surface area contributed by atoms with Crippen LogP contribution in [0.2, 0.25) is 5.15 Å². The summed E-state index contributed by atoms with van der Waals surface area (Å²) in [6.45, 7) is 2.65. The highest BCUT2D eigenvalue weighted by Crippen LogP contribution is 2.18. The molecule has 0 spiro atoms. The zero-order chi connectivity index (χ0) is 17.4. The van der Waals surface area contributed by atoms with Gasteiger partial charge in [0.1, 0.15) is 10.9 Å². The van der Waals surface area contributed by atoms with Gasteiger partial charge < -0.3 is 10.1 Å². The van der Waals surface area contributed by atoms with Crippen molar-refractivity contribution in [3.8, 4) is 5.75 Å². The third-order valence-corrected chi connectivity index (χ3v) is 3.53. The maximum absolute atomic E-state index is 12.4. The van der Waals surface area contributed by atoms with Crippen LogP contribution in [0.15, 0.2) is 42.6 Å². The van der Waals surface area contributed by atoms with Crippen LogP contribution in [0.1, 0.15) is 30.1 Å². The number of carbonyl (C=O) groups is 1. The van der Waals surface area contributed by atoms with Crippen LogP contribution >= 0.6 is 23.8 Å². The van der Waals surface area contributed by atoms with E-state index in [9.17, 15) is 4.79 Å². The molecule has 0 fully saturated rings. The van der Waals surface area contributed by atoms with E-state index < -0.39 is 0 Å². The molecule has 7 heteroatoms. The molecule has 1 aromatic carbocycles. The van der Waals surface area contributed by atoms with E-state index in [0.717, 1.165) is 12.8 Å². The molecule has 0 aliphatic rings. The van der Waals surface area contributed by atoms with E-state index in [-0.39, 0.29) is 11.0 Å². The molecule has 126 valence electrons. The van der Waals surface area contributed by atoms with E-state index in [1.165, 1.54) is 6.20 Å². The van der Waals surface area contributed by atoms with Crippen molar-refractivity contribution < 1.29 is 9.53 Å². The van der Waals surface area contributed by atoms with Gasteiger partial charge in [0.2, 0.25) is 0 Å². The third-order valence-electron chi connectivity index (χ3n) is 3.10. The van der Waals surface area contributed by atoms with E-state index >= 15 is 0 Å². The minimum atomic E-state index is -0.332. The Bertz CT molecular complexity index is 707. The summed E-state index contributed by atoms with van der Waals surface area (Å²) in [5.41, 5.74) is 1.07. The molecule has 0 unspecified atom stereocenters. The highest BCUT2D eigenvalue weighted by molar-refractivity contribution is 7.80. The number of hydrogen-bond donors (Lipinski definition) is 2. The maximum atomic E-state index is 12.4. The van der Waals surface area contributed by atoms with E-state index in [0.29, 0.717) is 28.8 Å². The van der Waals surface area contributed by atoms with Crippen molar-refractivity contribution in [3.63, 3.8) is 0 Å². The lowest BCUT2D eigenvalue weighted by Gasteiger charge is -2.12. The van der Waals surface area contributed by atoms with Crippen LogP contribution < -0.4 is 15.4 Å². The minimum absolute atomic E-state index is 0.174. The standard InChI is InChI=1S/C17H18ClN3O2S/c1-2-3-10-23-14-7-5-4-6-13(14)16(22)21-17(24)20-12-8-9-15(18)19-11-12/h4-9,11H,2-3,10H2,1H3,(H2,20,21,22,24). The van der Waals surface area contributed by atoms with Crippen molar-refractivity contribution in [1.82, 2.24) is 10.3 Å². The lowest BCUT2D eigenvalue weighted by Crippen LogP contribution is -2.34. The molecule has 0 saturated heterocycles. The zero-order valence-corrected chi connectivity index (χ0v) is 14.8. The fourth-order valence-corrected chi connectivity index (χ4v) is 2.21. The fourth-order valence-electron chi connectivity index (χ4n) is 1.89. The van der Waals surface area contributed by atoms with Crippen molar-refractivity contribution >= 4 is 40.5 Å². The molecule has 0 radical (unpaired) electrons. The number of amides is 1. The molecular weight excluding hydrogens is 346 g/mol. The summed E-state index contributed by atoms with van der Waals surface area (Å²) in [6, 6.07) is 10.4. The molecular formula is C17H18ClN3O2S. The number of benzene rings is 1. The summed E-state index contributed by atoms with van der Waals surface area (Å²) in [6.07, 6.45) is 3.49. The zero-order valence-electron chi connectivity index (χ0n) is 13.2. The number of rotatable bonds is 6. The normalized spacial score (nSPS) is 10.1. The van der Waals surface area contributed by atoms with Gasteiger partial charge in [0.15, 0.2) is 5.11 Å². The first-order valence-electron chi connectivity index (χ1n) is 7.56. The molecule has 1 aromatic heterocycles. The molecule has 1 amide bonds. The molecule has 24 heavy (non-hydrogen) atoms. The van der Waals surface area contributed by atoms with E-state index in [4.69, 9.17) is 28.6 Å². The number of ether oxygens (including phenoxy) is 1. The SMILES string of the molecule is CCCCOc1ccccc1C(=O)NC(=S)Nc1ccc(Cl)nc1. The van der Waals surface area contributed by atoms with Crippen LogP contribution in [0.5, 0.6) is 5.75 Å². The number of nitrogens with one attached hydrogen (secondary N) is 2. The first-order valence-corrected chi connectivity index (χ1v) is 8.34. The van der Waals surface area contributed by atoms with E-state index in [2.05, 4.69) is 22.5 Å². The fraction of sp³-hybridized carbons (Fsp3) is 0.235. The van der Waals surface area contributed by atoms with Gasteiger partial charge in [-0.1, -0.05) is 37.1 Å². The molecule has 0 aliphatic carbocycles. The second kappa shape index (κ2) is 9.20. The Labute approximate surface area is 151 Å². The summed E-state index contributed by atoms with van der Waals surface area (Å²) >= 11 is 10.9. The number of unbranched alkanes of at least 4 members (excludes halogenated alkanes) is 1. The predicted molar refractivity (Wildman–Crippen MR) is 99.8 cm³/mol. The number of carbonyl (C=O) groups excluding carboxylic acids is 1. The van der Waals surface area contributed by atoms with Gasteiger partial charge >= 0.3 is 0 Å². The van der Waals surface area contributed by atoms with E-state index in [1.807, 2.05) is 6.07 Å². The van der Waals surface area contributed by atoms with Gasteiger partial charge in [0.05, 0.1) is 24.1 Å². The minimum Gasteiger partial charge on any atom is -0.493 e.